The number of rotatable bonds is 5. The van der Waals surface area contributed by atoms with Crippen molar-refractivity contribution < 1.29 is 8.42 Å². The van der Waals surface area contributed by atoms with Crippen LogP contribution in [0.4, 0.5) is 11.6 Å². The molecule has 1 aliphatic rings. The van der Waals surface area contributed by atoms with E-state index in [4.69, 9.17) is 0 Å². The fourth-order valence-corrected chi connectivity index (χ4v) is 4.00. The van der Waals surface area contributed by atoms with Crippen molar-refractivity contribution in [2.45, 2.75) is 6.92 Å². The number of hydrogen-bond acceptors (Lipinski definition) is 6. The number of anilines is 2. The smallest absolute Gasteiger partial charge is 0.236 e. The Morgan fingerprint density at radius 3 is 2.19 bits per heavy atom. The molecule has 0 saturated carbocycles. The molecule has 0 radical (unpaired) electrons. The van der Waals surface area contributed by atoms with E-state index in [0.717, 1.165) is 22.8 Å². The summed E-state index contributed by atoms with van der Waals surface area (Å²) in [6, 6.07) is 11.6. The second-order valence-electron chi connectivity index (χ2n) is 6.79. The van der Waals surface area contributed by atoms with Gasteiger partial charge >= 0.3 is 0 Å². The fourth-order valence-electron chi connectivity index (χ4n) is 2.83. The molecule has 1 aromatic carbocycles. The van der Waals surface area contributed by atoms with Crippen LogP contribution in [0.2, 0.25) is 0 Å². The van der Waals surface area contributed by atoms with Crippen LogP contribution < -0.4 is 9.80 Å². The minimum Gasteiger partial charge on any atom is -0.361 e. The Morgan fingerprint density at radius 1 is 0.963 bits per heavy atom. The molecule has 0 unspecified atom stereocenters. The van der Waals surface area contributed by atoms with E-state index in [9.17, 15) is 8.42 Å². The first-order chi connectivity index (χ1) is 12.8. The third-order valence-corrected chi connectivity index (χ3v) is 6.09. The van der Waals surface area contributed by atoms with E-state index in [-0.39, 0.29) is 0 Å². The predicted octanol–water partition coefficient (Wildman–Crippen LogP) is 1.97. The van der Waals surface area contributed by atoms with Gasteiger partial charge in [0.05, 0.1) is 0 Å². The van der Waals surface area contributed by atoms with Crippen molar-refractivity contribution in [3.63, 3.8) is 0 Å². The van der Waals surface area contributed by atoms with E-state index in [0.29, 0.717) is 26.2 Å². The second kappa shape index (κ2) is 8.06. The molecule has 3 rings (SSSR count). The molecule has 27 heavy (non-hydrogen) atoms. The molecule has 1 fully saturated rings. The number of nitrogens with zero attached hydrogens (tertiary/aromatic N) is 5. The molecule has 0 N–H and O–H groups in total. The summed E-state index contributed by atoms with van der Waals surface area (Å²) in [6.07, 6.45) is 1.65. The first-order valence-corrected chi connectivity index (χ1v) is 10.4. The van der Waals surface area contributed by atoms with E-state index >= 15 is 0 Å². The molecule has 144 valence electrons. The topological polar surface area (TPSA) is 69.6 Å². The van der Waals surface area contributed by atoms with Gasteiger partial charge in [-0.25, -0.2) is 8.42 Å². The number of sulfonamides is 1. The van der Waals surface area contributed by atoms with Crippen LogP contribution in [0.5, 0.6) is 0 Å². The number of piperazine rings is 1. The van der Waals surface area contributed by atoms with Crippen LogP contribution in [-0.2, 0) is 10.0 Å². The average Bonchev–Trinajstić information content (AvgIpc) is 2.68. The Labute approximate surface area is 161 Å². The molecule has 7 nitrogen and oxygen atoms in total. The van der Waals surface area contributed by atoms with Gasteiger partial charge in [0.25, 0.3) is 0 Å². The highest BCUT2D eigenvalue weighted by atomic mass is 32.2. The molecule has 0 bridgehead atoms. The first-order valence-electron chi connectivity index (χ1n) is 8.86. The molecule has 2 aromatic rings. The van der Waals surface area contributed by atoms with Gasteiger partial charge in [0.1, 0.15) is 0 Å². The van der Waals surface area contributed by atoms with Crippen molar-refractivity contribution >= 4 is 27.7 Å². The zero-order chi connectivity index (χ0) is 19.4. The van der Waals surface area contributed by atoms with E-state index in [1.54, 1.807) is 6.08 Å². The van der Waals surface area contributed by atoms with Gasteiger partial charge in [0.2, 0.25) is 10.0 Å². The summed E-state index contributed by atoms with van der Waals surface area (Å²) in [5, 5.41) is 9.72. The summed E-state index contributed by atoms with van der Waals surface area (Å²) in [4.78, 5) is 3.95. The highest BCUT2D eigenvalue weighted by Crippen LogP contribution is 2.17. The molecule has 0 aliphatic carbocycles. The number of aromatic nitrogens is 2. The van der Waals surface area contributed by atoms with Gasteiger partial charge in [0, 0.05) is 45.7 Å². The molecule has 2 heterocycles. The lowest BCUT2D eigenvalue weighted by atomic mass is 10.2. The summed E-state index contributed by atoms with van der Waals surface area (Å²) >= 11 is 0. The van der Waals surface area contributed by atoms with Crippen LogP contribution in [-0.4, -0.2) is 63.2 Å². The molecule has 8 heteroatoms. The van der Waals surface area contributed by atoms with Crippen molar-refractivity contribution in [3.05, 3.63) is 52.9 Å². The van der Waals surface area contributed by atoms with Crippen LogP contribution in [0.25, 0.3) is 6.08 Å². The molecular formula is C19H25N5O2S. The van der Waals surface area contributed by atoms with Gasteiger partial charge in [0.15, 0.2) is 11.6 Å². The highest BCUT2D eigenvalue weighted by molar-refractivity contribution is 7.92. The minimum absolute atomic E-state index is 0.428. The first kappa shape index (κ1) is 19.3. The van der Waals surface area contributed by atoms with Gasteiger partial charge in [-0.2, -0.15) is 4.31 Å². The zero-order valence-corrected chi connectivity index (χ0v) is 16.7. The van der Waals surface area contributed by atoms with Gasteiger partial charge in [-0.3, -0.25) is 0 Å². The number of aryl methyl sites for hydroxylation is 1. The quantitative estimate of drug-likeness (QED) is 0.781. The monoisotopic (exact) mass is 387 g/mol. The Bertz CT molecular complexity index is 885. The van der Waals surface area contributed by atoms with Crippen LogP contribution in [0.3, 0.4) is 0 Å². The number of hydrogen-bond donors (Lipinski definition) is 0. The van der Waals surface area contributed by atoms with E-state index in [2.05, 4.69) is 15.1 Å². The molecule has 1 saturated heterocycles. The van der Waals surface area contributed by atoms with E-state index in [1.165, 1.54) is 9.71 Å². The normalized spacial score (nSPS) is 16.0. The average molecular weight is 388 g/mol. The van der Waals surface area contributed by atoms with Crippen LogP contribution in [0.1, 0.15) is 11.1 Å². The van der Waals surface area contributed by atoms with Crippen molar-refractivity contribution in [2.75, 3.05) is 50.1 Å². The van der Waals surface area contributed by atoms with Crippen molar-refractivity contribution in [1.82, 2.24) is 14.5 Å². The minimum atomic E-state index is -3.43. The lowest BCUT2D eigenvalue weighted by molar-refractivity contribution is 0.388. The third-order valence-electron chi connectivity index (χ3n) is 4.53. The lowest BCUT2D eigenvalue weighted by Crippen LogP contribution is -2.48. The van der Waals surface area contributed by atoms with Crippen molar-refractivity contribution in [2.24, 2.45) is 0 Å². The Kier molecular flexibility index (Phi) is 5.76. The van der Waals surface area contributed by atoms with Crippen molar-refractivity contribution in [1.29, 1.82) is 0 Å². The van der Waals surface area contributed by atoms with Crippen molar-refractivity contribution in [3.8, 4) is 0 Å². The predicted molar refractivity (Wildman–Crippen MR) is 109 cm³/mol. The van der Waals surface area contributed by atoms with Gasteiger partial charge in [-0.05, 0) is 30.7 Å². The van der Waals surface area contributed by atoms with Gasteiger partial charge in [-0.15, -0.1) is 10.2 Å². The maximum atomic E-state index is 12.6. The second-order valence-corrected chi connectivity index (χ2v) is 8.61. The maximum Gasteiger partial charge on any atom is 0.236 e. The Balaban J connectivity index is 1.61. The standard InChI is InChI=1S/C19H25N5O2S/c1-16-4-6-17(7-5-16)10-15-27(25,26)24-13-11-23(12-14-24)19-9-8-18(20-21-19)22(2)3/h4-10,15H,11-14H2,1-3H3/b15-10+. The zero-order valence-electron chi connectivity index (χ0n) is 15.9. The van der Waals surface area contributed by atoms with Crippen LogP contribution in [0.15, 0.2) is 41.8 Å². The highest BCUT2D eigenvalue weighted by Gasteiger charge is 2.25. The summed E-state index contributed by atoms with van der Waals surface area (Å²) in [6.45, 7) is 4.04. The molecule has 0 spiro atoms. The van der Waals surface area contributed by atoms with E-state index in [1.807, 2.05) is 62.3 Å². The molecule has 1 aromatic heterocycles. The summed E-state index contributed by atoms with van der Waals surface area (Å²) in [7, 11) is 0.396. The molecule has 0 amide bonds. The summed E-state index contributed by atoms with van der Waals surface area (Å²) < 4.78 is 26.7. The summed E-state index contributed by atoms with van der Waals surface area (Å²) in [5.41, 5.74) is 2.02. The van der Waals surface area contributed by atoms with Crippen LogP contribution in [0, 0.1) is 6.92 Å². The van der Waals surface area contributed by atoms with Gasteiger partial charge in [-0.1, -0.05) is 29.8 Å². The largest absolute Gasteiger partial charge is 0.361 e. The van der Waals surface area contributed by atoms with E-state index < -0.39 is 10.0 Å². The number of benzene rings is 1. The molecule has 0 atom stereocenters. The third kappa shape index (κ3) is 4.84. The molecule has 1 aliphatic heterocycles. The fraction of sp³-hybridized carbons (Fsp3) is 0.368. The maximum absolute atomic E-state index is 12.6. The van der Waals surface area contributed by atoms with Crippen LogP contribution >= 0.6 is 0 Å². The lowest BCUT2D eigenvalue weighted by Gasteiger charge is -2.33. The summed E-state index contributed by atoms with van der Waals surface area (Å²) in [5.74, 6) is 1.56. The molecular weight excluding hydrogens is 362 g/mol. The SMILES string of the molecule is Cc1ccc(/C=C/S(=O)(=O)N2CCN(c3ccc(N(C)C)nn3)CC2)cc1. The Morgan fingerprint density at radius 2 is 1.63 bits per heavy atom. The Hall–Kier alpha value is -2.45. The van der Waals surface area contributed by atoms with Gasteiger partial charge < -0.3 is 9.80 Å².